The molecule has 110 valence electrons. The van der Waals surface area contributed by atoms with E-state index in [-0.39, 0.29) is 23.7 Å². The van der Waals surface area contributed by atoms with Crippen LogP contribution in [0.15, 0.2) is 40.9 Å². The highest BCUT2D eigenvalue weighted by atomic mass is 79.9. The third kappa shape index (κ3) is 3.66. The molecule has 0 aliphatic heterocycles. The molecule has 21 heavy (non-hydrogen) atoms. The number of phenolic OH excluding ortho intramolecular Hbond substituents is 2. The number of aromatic hydroxyl groups is 2. The van der Waals surface area contributed by atoms with E-state index in [9.17, 15) is 15.0 Å². The maximum atomic E-state index is 11.9. The van der Waals surface area contributed by atoms with E-state index in [1.54, 1.807) is 12.1 Å². The first-order valence-electron chi connectivity index (χ1n) is 6.03. The maximum Gasteiger partial charge on any atom is 0.342 e. The molecule has 5 nitrogen and oxygen atoms in total. The van der Waals surface area contributed by atoms with Crippen molar-refractivity contribution in [1.82, 2.24) is 0 Å². The molecule has 0 fully saturated rings. The van der Waals surface area contributed by atoms with Crippen LogP contribution in [0.2, 0.25) is 0 Å². The molecule has 0 radical (unpaired) electrons. The molecule has 0 aromatic heterocycles. The fraction of sp³-hybridized carbons (Fsp3) is 0.133. The van der Waals surface area contributed by atoms with Crippen LogP contribution in [-0.4, -0.2) is 23.3 Å². The summed E-state index contributed by atoms with van der Waals surface area (Å²) < 4.78 is 11.2. The molecule has 0 heterocycles. The number of carbonyl (C=O) groups is 1. The highest BCUT2D eigenvalue weighted by molar-refractivity contribution is 9.10. The molecule has 0 bridgehead atoms. The van der Waals surface area contributed by atoms with Crippen LogP contribution in [0.3, 0.4) is 0 Å². The average Bonchev–Trinajstić information content (AvgIpc) is 2.45. The zero-order valence-electron chi connectivity index (χ0n) is 11.2. The van der Waals surface area contributed by atoms with Gasteiger partial charge in [0.2, 0.25) is 0 Å². The molecule has 2 rings (SSSR count). The Kier molecular flexibility index (Phi) is 4.70. The van der Waals surface area contributed by atoms with Gasteiger partial charge in [-0.15, -0.1) is 0 Å². The lowest BCUT2D eigenvalue weighted by molar-refractivity contribution is 0.0467. The van der Waals surface area contributed by atoms with E-state index >= 15 is 0 Å². The lowest BCUT2D eigenvalue weighted by Gasteiger charge is -2.10. The van der Waals surface area contributed by atoms with Gasteiger partial charge in [0.1, 0.15) is 29.4 Å². The van der Waals surface area contributed by atoms with Crippen LogP contribution in [0.4, 0.5) is 0 Å². The largest absolute Gasteiger partial charge is 0.508 e. The summed E-state index contributed by atoms with van der Waals surface area (Å²) in [4.78, 5) is 11.9. The molecule has 2 aromatic carbocycles. The van der Waals surface area contributed by atoms with Crippen molar-refractivity contribution in [3.63, 3.8) is 0 Å². The number of methoxy groups -OCH3 is 1. The maximum absolute atomic E-state index is 11.9. The lowest BCUT2D eigenvalue weighted by atomic mass is 10.2. The van der Waals surface area contributed by atoms with Gasteiger partial charge in [0.25, 0.3) is 0 Å². The summed E-state index contributed by atoms with van der Waals surface area (Å²) in [6.45, 7) is 0.00175. The van der Waals surface area contributed by atoms with E-state index in [2.05, 4.69) is 15.9 Å². The van der Waals surface area contributed by atoms with Gasteiger partial charge in [-0.25, -0.2) is 4.79 Å². The van der Waals surface area contributed by atoms with Crippen LogP contribution in [0.5, 0.6) is 17.2 Å². The van der Waals surface area contributed by atoms with Gasteiger partial charge in [0.15, 0.2) is 0 Å². The molecule has 6 heteroatoms. The number of hydrogen-bond acceptors (Lipinski definition) is 5. The van der Waals surface area contributed by atoms with Gasteiger partial charge < -0.3 is 19.7 Å². The molecule has 2 N–H and O–H groups in total. The fourth-order valence-corrected chi connectivity index (χ4v) is 2.18. The second-order valence-corrected chi connectivity index (χ2v) is 5.15. The van der Waals surface area contributed by atoms with Crippen LogP contribution in [-0.2, 0) is 11.3 Å². The molecule has 0 amide bonds. The van der Waals surface area contributed by atoms with Crippen molar-refractivity contribution >= 4 is 21.9 Å². The van der Waals surface area contributed by atoms with Crippen molar-refractivity contribution in [3.05, 3.63) is 52.0 Å². The minimum atomic E-state index is -0.686. The monoisotopic (exact) mass is 352 g/mol. The van der Waals surface area contributed by atoms with Crippen LogP contribution >= 0.6 is 15.9 Å². The van der Waals surface area contributed by atoms with Crippen molar-refractivity contribution in [2.75, 3.05) is 7.11 Å². The van der Waals surface area contributed by atoms with Gasteiger partial charge >= 0.3 is 5.97 Å². The normalized spacial score (nSPS) is 10.2. The Labute approximate surface area is 129 Å². The van der Waals surface area contributed by atoms with E-state index < -0.39 is 5.97 Å². The summed E-state index contributed by atoms with van der Waals surface area (Å²) in [7, 11) is 1.53. The molecule has 0 spiro atoms. The van der Waals surface area contributed by atoms with Crippen molar-refractivity contribution in [3.8, 4) is 17.2 Å². The van der Waals surface area contributed by atoms with E-state index in [1.807, 2.05) is 6.07 Å². The van der Waals surface area contributed by atoms with Crippen molar-refractivity contribution in [2.45, 2.75) is 6.61 Å². The molecular weight excluding hydrogens is 340 g/mol. The van der Waals surface area contributed by atoms with Crippen molar-refractivity contribution < 1.29 is 24.5 Å². The third-order valence-corrected chi connectivity index (χ3v) is 3.30. The second kappa shape index (κ2) is 6.49. The minimum absolute atomic E-state index is 0.00175. The summed E-state index contributed by atoms with van der Waals surface area (Å²) in [5.74, 6) is -0.547. The number of carbonyl (C=O) groups excluding carboxylic acids is 1. The Morgan fingerprint density at radius 1 is 1.19 bits per heavy atom. The van der Waals surface area contributed by atoms with Crippen LogP contribution in [0.25, 0.3) is 0 Å². The van der Waals surface area contributed by atoms with Crippen LogP contribution in [0.1, 0.15) is 15.9 Å². The molecule has 0 saturated carbocycles. The highest BCUT2D eigenvalue weighted by Gasteiger charge is 2.14. The highest BCUT2D eigenvalue weighted by Crippen LogP contribution is 2.26. The lowest BCUT2D eigenvalue weighted by Crippen LogP contribution is -2.06. The number of hydrogen-bond donors (Lipinski definition) is 2. The minimum Gasteiger partial charge on any atom is -0.508 e. The van der Waals surface area contributed by atoms with Gasteiger partial charge in [-0.1, -0.05) is 15.9 Å². The zero-order valence-corrected chi connectivity index (χ0v) is 12.8. The number of esters is 1. The molecule has 0 unspecified atom stereocenters. The number of halogens is 1. The van der Waals surface area contributed by atoms with Crippen molar-refractivity contribution in [2.24, 2.45) is 0 Å². The predicted molar refractivity (Wildman–Crippen MR) is 79.6 cm³/mol. The molecule has 2 aromatic rings. The second-order valence-electron chi connectivity index (χ2n) is 4.23. The molecule has 0 atom stereocenters. The van der Waals surface area contributed by atoms with Crippen LogP contribution < -0.4 is 4.74 Å². The Balaban J connectivity index is 2.12. The molecule has 0 aliphatic rings. The smallest absolute Gasteiger partial charge is 0.342 e. The summed E-state index contributed by atoms with van der Waals surface area (Å²) in [6.07, 6.45) is 0. The van der Waals surface area contributed by atoms with Crippen LogP contribution in [0, 0.1) is 0 Å². The van der Waals surface area contributed by atoms with Gasteiger partial charge in [-0.05, 0) is 30.3 Å². The predicted octanol–water partition coefficient (Wildman–Crippen LogP) is 3.23. The number of phenols is 2. The topological polar surface area (TPSA) is 76.0 Å². The first-order valence-corrected chi connectivity index (χ1v) is 6.82. The Bertz CT molecular complexity index is 669. The summed E-state index contributed by atoms with van der Waals surface area (Å²) in [6, 6.07) is 9.03. The number of benzene rings is 2. The summed E-state index contributed by atoms with van der Waals surface area (Å²) >= 11 is 3.33. The number of rotatable bonds is 4. The van der Waals surface area contributed by atoms with E-state index in [0.717, 1.165) is 10.5 Å². The number of ether oxygens (including phenoxy) is 2. The third-order valence-electron chi connectivity index (χ3n) is 2.80. The standard InChI is InChI=1S/C15H13BrO5/c1-20-14-5-2-10(16)6-9(14)8-21-15(19)12-4-3-11(17)7-13(12)18/h2-7,17-18H,8H2,1H3. The molecule has 0 aliphatic carbocycles. The quantitative estimate of drug-likeness (QED) is 0.826. The Morgan fingerprint density at radius 3 is 2.62 bits per heavy atom. The Hall–Kier alpha value is -2.21. The fourth-order valence-electron chi connectivity index (χ4n) is 1.77. The summed E-state index contributed by atoms with van der Waals surface area (Å²) in [5, 5.41) is 18.8. The van der Waals surface area contributed by atoms with E-state index in [0.29, 0.717) is 11.3 Å². The van der Waals surface area contributed by atoms with E-state index in [1.165, 1.54) is 19.2 Å². The van der Waals surface area contributed by atoms with Gasteiger partial charge in [0, 0.05) is 16.1 Å². The van der Waals surface area contributed by atoms with Gasteiger partial charge in [-0.3, -0.25) is 0 Å². The molecule has 0 saturated heterocycles. The first kappa shape index (κ1) is 15.2. The van der Waals surface area contributed by atoms with E-state index in [4.69, 9.17) is 9.47 Å². The Morgan fingerprint density at radius 2 is 1.95 bits per heavy atom. The van der Waals surface area contributed by atoms with Crippen molar-refractivity contribution in [1.29, 1.82) is 0 Å². The zero-order chi connectivity index (χ0) is 15.4. The average molecular weight is 353 g/mol. The molecular formula is C15H13BrO5. The summed E-state index contributed by atoms with van der Waals surface area (Å²) in [5.41, 5.74) is 0.681. The van der Waals surface area contributed by atoms with Gasteiger partial charge in [0.05, 0.1) is 7.11 Å². The first-order chi connectivity index (χ1) is 10.0. The van der Waals surface area contributed by atoms with Gasteiger partial charge in [-0.2, -0.15) is 0 Å². The SMILES string of the molecule is COc1ccc(Br)cc1COC(=O)c1ccc(O)cc1O.